The Morgan fingerprint density at radius 3 is 1.89 bits per heavy atom. The minimum absolute atomic E-state index is 0.0178. The van der Waals surface area contributed by atoms with E-state index < -0.39 is 12.8 Å². The van der Waals surface area contributed by atoms with Crippen LogP contribution in [0.15, 0.2) is 0 Å². The maximum absolute atomic E-state index is 12.0. The molecule has 1 atom stereocenters. The zero-order chi connectivity index (χ0) is 15.2. The van der Waals surface area contributed by atoms with Gasteiger partial charge in [-0.3, -0.25) is 4.57 Å². The number of quaternary nitrogens is 1. The Bertz CT molecular complexity index is 297. The van der Waals surface area contributed by atoms with Crippen LogP contribution in [0.2, 0.25) is 0 Å². The second kappa shape index (κ2) is 7.72. The summed E-state index contributed by atoms with van der Waals surface area (Å²) in [6, 6.07) is 0. The fraction of sp³-hybridized carbons (Fsp3) is 1.00. The van der Waals surface area contributed by atoms with Crippen molar-refractivity contribution in [1.29, 1.82) is 0 Å². The molecule has 0 aliphatic heterocycles. The van der Waals surface area contributed by atoms with Crippen molar-refractivity contribution < 1.29 is 28.7 Å². The minimum Gasteiger partial charge on any atom is -0.391 e. The molecule has 0 fully saturated rings. The molecule has 0 aromatic heterocycles. The van der Waals surface area contributed by atoms with Crippen LogP contribution in [0.1, 0.15) is 27.7 Å². The van der Waals surface area contributed by atoms with Crippen molar-refractivity contribution in [2.24, 2.45) is 0 Å². The van der Waals surface area contributed by atoms with Crippen molar-refractivity contribution in [3.8, 4) is 0 Å². The average Bonchev–Trinajstić information content (AvgIpc) is 2.27. The van der Waals surface area contributed by atoms with Gasteiger partial charge in [0, 0.05) is 0 Å². The van der Waals surface area contributed by atoms with Gasteiger partial charge in [-0.25, -0.2) is 0 Å². The molecule has 0 aliphatic carbocycles. The fourth-order valence-electron chi connectivity index (χ4n) is 1.79. The van der Waals surface area contributed by atoms with Crippen LogP contribution < -0.4 is 0 Å². The molecule has 0 spiro atoms. The largest absolute Gasteiger partial charge is 0.391 e. The van der Waals surface area contributed by atoms with Gasteiger partial charge < -0.3 is 24.1 Å². The standard InChI is InChI=1S/C12H28NO5P/c1-5-13(6-9-14,7-10-15)8-11-18-19(16,17)12(2,3)4/h14-15H,5-11H2,1-4H3/p+1. The van der Waals surface area contributed by atoms with Crippen LogP contribution in [0.4, 0.5) is 0 Å². The van der Waals surface area contributed by atoms with Gasteiger partial charge in [0.15, 0.2) is 0 Å². The molecule has 3 N–H and O–H groups in total. The first-order valence-corrected chi connectivity index (χ1v) is 8.26. The number of likely N-dealkylation sites (N-methyl/N-ethyl adjacent to an activating group) is 1. The van der Waals surface area contributed by atoms with E-state index in [-0.39, 0.29) is 19.8 Å². The van der Waals surface area contributed by atoms with E-state index in [9.17, 15) is 9.46 Å². The van der Waals surface area contributed by atoms with Gasteiger partial charge in [-0.1, -0.05) is 0 Å². The van der Waals surface area contributed by atoms with E-state index in [0.717, 1.165) is 6.54 Å². The van der Waals surface area contributed by atoms with E-state index in [1.54, 1.807) is 20.8 Å². The molecule has 0 heterocycles. The predicted molar refractivity (Wildman–Crippen MR) is 75.1 cm³/mol. The predicted octanol–water partition coefficient (Wildman–Crippen LogP) is 0.808. The summed E-state index contributed by atoms with van der Waals surface area (Å²) < 4.78 is 17.6. The van der Waals surface area contributed by atoms with Crippen molar-refractivity contribution in [3.63, 3.8) is 0 Å². The summed E-state index contributed by atoms with van der Waals surface area (Å²) in [7, 11) is -3.65. The molecule has 7 heteroatoms. The summed E-state index contributed by atoms with van der Waals surface area (Å²) in [6.07, 6.45) is 0. The normalized spacial score (nSPS) is 16.4. The van der Waals surface area contributed by atoms with Gasteiger partial charge in [-0.2, -0.15) is 0 Å². The Labute approximate surface area is 116 Å². The van der Waals surface area contributed by atoms with Crippen molar-refractivity contribution in [1.82, 2.24) is 0 Å². The summed E-state index contributed by atoms with van der Waals surface area (Å²) in [6.45, 7) is 9.37. The zero-order valence-electron chi connectivity index (χ0n) is 12.5. The zero-order valence-corrected chi connectivity index (χ0v) is 13.4. The Hall–Kier alpha value is 0.0300. The Kier molecular flexibility index (Phi) is 7.73. The maximum Gasteiger partial charge on any atom is 0.333 e. The molecule has 0 amide bonds. The molecule has 0 saturated carbocycles. The molecule has 6 nitrogen and oxygen atoms in total. The molecule has 0 aromatic carbocycles. The second-order valence-electron chi connectivity index (χ2n) is 5.80. The van der Waals surface area contributed by atoms with Crippen LogP contribution in [0.3, 0.4) is 0 Å². The number of aliphatic hydroxyl groups excluding tert-OH is 2. The lowest BCUT2D eigenvalue weighted by atomic mass is 10.3. The van der Waals surface area contributed by atoms with E-state index in [4.69, 9.17) is 14.7 Å². The summed E-state index contributed by atoms with van der Waals surface area (Å²) in [4.78, 5) is 9.81. The summed E-state index contributed by atoms with van der Waals surface area (Å²) in [5.74, 6) is 0. The fourth-order valence-corrected chi connectivity index (χ4v) is 2.50. The first-order valence-electron chi connectivity index (χ1n) is 6.68. The van der Waals surface area contributed by atoms with Crippen LogP contribution in [0.5, 0.6) is 0 Å². The Morgan fingerprint density at radius 2 is 1.58 bits per heavy atom. The smallest absolute Gasteiger partial charge is 0.333 e. The van der Waals surface area contributed by atoms with E-state index in [1.165, 1.54) is 0 Å². The van der Waals surface area contributed by atoms with Gasteiger partial charge in [0.25, 0.3) is 0 Å². The molecule has 0 saturated heterocycles. The highest BCUT2D eigenvalue weighted by Gasteiger charge is 2.37. The van der Waals surface area contributed by atoms with Crippen LogP contribution in [-0.2, 0) is 9.09 Å². The molecule has 1 unspecified atom stereocenters. The molecule has 116 valence electrons. The first-order chi connectivity index (χ1) is 8.64. The minimum atomic E-state index is -3.65. The molecule has 0 rings (SSSR count). The quantitative estimate of drug-likeness (QED) is 0.433. The monoisotopic (exact) mass is 298 g/mol. The van der Waals surface area contributed by atoms with Crippen molar-refractivity contribution >= 4 is 7.60 Å². The molecule has 0 aromatic rings. The third kappa shape index (κ3) is 5.90. The molecular formula is C12H29NO5P+. The highest BCUT2D eigenvalue weighted by atomic mass is 31.2. The first kappa shape index (κ1) is 19.0. The third-order valence-corrected chi connectivity index (χ3v) is 5.73. The Morgan fingerprint density at radius 1 is 1.11 bits per heavy atom. The molecule has 0 aliphatic rings. The maximum atomic E-state index is 12.0. The van der Waals surface area contributed by atoms with Crippen LogP contribution in [0.25, 0.3) is 0 Å². The van der Waals surface area contributed by atoms with Crippen LogP contribution >= 0.6 is 7.60 Å². The number of rotatable bonds is 9. The highest BCUT2D eigenvalue weighted by Crippen LogP contribution is 2.54. The molecule has 0 bridgehead atoms. The van der Waals surface area contributed by atoms with Crippen LogP contribution in [0, 0.1) is 0 Å². The number of hydrogen-bond acceptors (Lipinski definition) is 4. The lowest BCUT2D eigenvalue weighted by molar-refractivity contribution is -0.927. The van der Waals surface area contributed by atoms with E-state index in [1.807, 2.05) is 6.92 Å². The summed E-state index contributed by atoms with van der Waals surface area (Å²) >= 11 is 0. The SMILES string of the molecule is CC[N+](CCO)(CCO)CCOP(=O)(O)C(C)(C)C. The number of nitrogens with zero attached hydrogens (tertiary/aromatic N) is 1. The van der Waals surface area contributed by atoms with E-state index in [0.29, 0.717) is 24.1 Å². The third-order valence-electron chi connectivity index (χ3n) is 3.50. The molecular weight excluding hydrogens is 269 g/mol. The van der Waals surface area contributed by atoms with Gasteiger partial charge in [0.2, 0.25) is 0 Å². The van der Waals surface area contributed by atoms with Crippen molar-refractivity contribution in [3.05, 3.63) is 0 Å². The van der Waals surface area contributed by atoms with Gasteiger partial charge in [0.05, 0.1) is 24.9 Å². The second-order valence-corrected chi connectivity index (χ2v) is 8.44. The highest BCUT2D eigenvalue weighted by molar-refractivity contribution is 7.54. The van der Waals surface area contributed by atoms with Gasteiger partial charge >= 0.3 is 7.60 Å². The topological polar surface area (TPSA) is 87.0 Å². The van der Waals surface area contributed by atoms with Gasteiger partial charge in [0.1, 0.15) is 26.2 Å². The number of aliphatic hydroxyl groups is 2. The average molecular weight is 298 g/mol. The van der Waals surface area contributed by atoms with Gasteiger partial charge in [-0.15, -0.1) is 0 Å². The summed E-state index contributed by atoms with van der Waals surface area (Å²) in [5.41, 5.74) is 0. The summed E-state index contributed by atoms with van der Waals surface area (Å²) in [5, 5.41) is 17.4. The van der Waals surface area contributed by atoms with E-state index >= 15 is 0 Å². The van der Waals surface area contributed by atoms with Crippen molar-refractivity contribution in [2.45, 2.75) is 32.9 Å². The molecule has 0 radical (unpaired) electrons. The van der Waals surface area contributed by atoms with Crippen molar-refractivity contribution in [2.75, 3.05) is 46.0 Å². The molecule has 19 heavy (non-hydrogen) atoms. The van der Waals surface area contributed by atoms with Gasteiger partial charge in [-0.05, 0) is 27.7 Å². The lowest BCUT2D eigenvalue weighted by Crippen LogP contribution is -2.53. The lowest BCUT2D eigenvalue weighted by Gasteiger charge is -2.37. The number of hydrogen-bond donors (Lipinski definition) is 3. The van der Waals surface area contributed by atoms with E-state index in [2.05, 4.69) is 0 Å². The van der Waals surface area contributed by atoms with Crippen LogP contribution in [-0.4, -0.2) is 70.7 Å². The Balaban J connectivity index is 4.53.